The second kappa shape index (κ2) is 10.2. The molecule has 0 radical (unpaired) electrons. The van der Waals surface area contributed by atoms with E-state index in [4.69, 9.17) is 4.74 Å². The van der Waals surface area contributed by atoms with E-state index in [0.717, 1.165) is 10.5 Å². The molecule has 172 valence electrons. The number of non-ortho nitro benzene ring substituents is 1. The van der Waals surface area contributed by atoms with Gasteiger partial charge < -0.3 is 10.1 Å². The van der Waals surface area contributed by atoms with Gasteiger partial charge in [-0.05, 0) is 34.7 Å². The lowest BCUT2D eigenvalue weighted by atomic mass is 10.0. The smallest absolute Gasteiger partial charge is 0.355 e. The van der Waals surface area contributed by atoms with Crippen molar-refractivity contribution in [1.82, 2.24) is 10.2 Å². The average molecular weight is 599 g/mol. The van der Waals surface area contributed by atoms with Crippen LogP contribution in [0.3, 0.4) is 0 Å². The number of hydrogen-bond donors (Lipinski definition) is 1. The largest absolute Gasteiger partial charge is 0.456 e. The summed E-state index contributed by atoms with van der Waals surface area (Å²) < 4.78 is 5.98. The Morgan fingerprint density at radius 2 is 2.03 bits per heavy atom. The lowest BCUT2D eigenvalue weighted by Gasteiger charge is -2.49. The highest BCUT2D eigenvalue weighted by Crippen LogP contribution is 2.41. The number of β-lactam (4-membered cyclic amide) rings is 1. The van der Waals surface area contributed by atoms with Gasteiger partial charge in [0.15, 0.2) is 0 Å². The van der Waals surface area contributed by atoms with E-state index in [9.17, 15) is 24.5 Å². The van der Waals surface area contributed by atoms with Crippen LogP contribution in [-0.2, 0) is 32.1 Å². The number of carbonyl (C=O) groups is 3. The molecular weight excluding hydrogens is 581 g/mol. The number of fused-ring (bicyclic) bond motifs is 1. The molecule has 3 heterocycles. The Bertz CT molecular complexity index is 1120. The number of amides is 2. The fourth-order valence-corrected chi connectivity index (χ4v) is 6.55. The second-order valence-electron chi connectivity index (χ2n) is 7.30. The summed E-state index contributed by atoms with van der Waals surface area (Å²) in [6.07, 6.45) is 0.206. The molecule has 2 aliphatic heterocycles. The summed E-state index contributed by atoms with van der Waals surface area (Å²) in [5, 5.41) is 15.1. The third-order valence-corrected chi connectivity index (χ3v) is 8.29. The predicted molar refractivity (Wildman–Crippen MR) is 132 cm³/mol. The lowest BCUT2D eigenvalue weighted by Crippen LogP contribution is -2.70. The summed E-state index contributed by atoms with van der Waals surface area (Å²) in [7, 11) is 0. The molecule has 2 aromatic rings. The first-order valence-corrected chi connectivity index (χ1v) is 13.3. The van der Waals surface area contributed by atoms with Crippen molar-refractivity contribution in [2.45, 2.75) is 24.4 Å². The number of thioether (sulfide) groups is 1. The molecule has 0 aliphatic carbocycles. The number of benzene rings is 1. The first-order chi connectivity index (χ1) is 15.9. The Morgan fingerprint density at radius 1 is 1.27 bits per heavy atom. The number of rotatable bonds is 8. The quantitative estimate of drug-likeness (QED) is 0.124. The van der Waals surface area contributed by atoms with Crippen LogP contribution in [0.15, 0.2) is 53.0 Å². The number of halogens is 1. The Kier molecular flexibility index (Phi) is 7.34. The zero-order valence-electron chi connectivity index (χ0n) is 17.1. The van der Waals surface area contributed by atoms with Gasteiger partial charge in [-0.15, -0.1) is 23.1 Å². The van der Waals surface area contributed by atoms with Gasteiger partial charge in [-0.3, -0.25) is 24.6 Å². The topological polar surface area (TPSA) is 119 Å². The lowest BCUT2D eigenvalue weighted by molar-refractivity contribution is -0.384. The molecule has 1 fully saturated rings. The minimum Gasteiger partial charge on any atom is -0.456 e. The molecule has 1 aromatic carbocycles. The first-order valence-electron chi connectivity index (χ1n) is 9.84. The van der Waals surface area contributed by atoms with Crippen LogP contribution in [0.5, 0.6) is 0 Å². The number of carbonyl (C=O) groups excluding carboxylic acids is 3. The molecule has 0 spiro atoms. The average Bonchev–Trinajstić information content (AvgIpc) is 3.33. The molecular formula is C21H18IN3O6S2. The van der Waals surface area contributed by atoms with Crippen molar-refractivity contribution >= 4 is 69.2 Å². The van der Waals surface area contributed by atoms with Crippen molar-refractivity contribution in [1.29, 1.82) is 0 Å². The van der Waals surface area contributed by atoms with Gasteiger partial charge >= 0.3 is 5.97 Å². The fraction of sp³-hybridized carbons (Fsp3) is 0.286. The summed E-state index contributed by atoms with van der Waals surface area (Å²) in [4.78, 5) is 50.8. The standard InChI is InChI=1S/C21H18IN3O6S2/c22-9-13-11-33-20-17(23-16(26)8-15-2-1-7-32-15)19(27)24(20)18(13)21(28)31-10-12-3-5-14(6-4-12)25(29)30/h1-7,17,20H,8-11H2,(H,23,26)/t17?,20-/m0/s1. The van der Waals surface area contributed by atoms with Gasteiger partial charge in [0.25, 0.3) is 11.6 Å². The predicted octanol–water partition coefficient (Wildman–Crippen LogP) is 3.03. The number of thiophene rings is 1. The maximum Gasteiger partial charge on any atom is 0.355 e. The number of hydrogen-bond acceptors (Lipinski definition) is 8. The first kappa shape index (κ1) is 23.7. The van der Waals surface area contributed by atoms with Crippen molar-refractivity contribution in [3.63, 3.8) is 0 Å². The van der Waals surface area contributed by atoms with Gasteiger partial charge in [-0.25, -0.2) is 4.79 Å². The number of nitro benzene ring substituents is 1. The second-order valence-corrected chi connectivity index (χ2v) is 10.2. The zero-order chi connectivity index (χ0) is 23.5. The van der Waals surface area contributed by atoms with Crippen LogP contribution in [0.2, 0.25) is 0 Å². The van der Waals surface area contributed by atoms with Crippen molar-refractivity contribution in [3.05, 3.63) is 73.6 Å². The van der Waals surface area contributed by atoms with Crippen LogP contribution >= 0.6 is 45.7 Å². The summed E-state index contributed by atoms with van der Waals surface area (Å²) in [5.74, 6) is -0.642. The molecule has 1 N–H and O–H groups in total. The molecule has 2 atom stereocenters. The fourth-order valence-electron chi connectivity index (χ4n) is 3.50. The number of nitrogens with one attached hydrogen (secondary N) is 1. The van der Waals surface area contributed by atoms with Crippen LogP contribution in [0.25, 0.3) is 0 Å². The zero-order valence-corrected chi connectivity index (χ0v) is 20.9. The molecule has 12 heteroatoms. The number of ether oxygens (including phenoxy) is 1. The van der Waals surface area contributed by atoms with E-state index in [1.54, 1.807) is 0 Å². The molecule has 2 aliphatic rings. The third kappa shape index (κ3) is 5.06. The number of nitrogens with zero attached hydrogens (tertiary/aromatic N) is 2. The molecule has 0 saturated carbocycles. The third-order valence-electron chi connectivity index (χ3n) is 5.15. The van der Waals surface area contributed by atoms with Gasteiger partial charge in [0, 0.05) is 27.2 Å². The SMILES string of the molecule is O=C(Cc1cccs1)NC1C(=O)N2C(C(=O)OCc3ccc([N+](=O)[O-])cc3)=C(CI)CS[C@@H]12. The van der Waals surface area contributed by atoms with E-state index in [1.807, 2.05) is 17.5 Å². The van der Waals surface area contributed by atoms with Crippen LogP contribution in [0.4, 0.5) is 5.69 Å². The number of esters is 1. The highest BCUT2D eigenvalue weighted by molar-refractivity contribution is 14.1. The Labute approximate surface area is 210 Å². The molecule has 33 heavy (non-hydrogen) atoms. The molecule has 2 amide bonds. The van der Waals surface area contributed by atoms with Crippen molar-refractivity contribution in [2.24, 2.45) is 0 Å². The van der Waals surface area contributed by atoms with E-state index in [2.05, 4.69) is 27.9 Å². The molecule has 4 rings (SSSR count). The molecule has 1 aromatic heterocycles. The van der Waals surface area contributed by atoms with Gasteiger partial charge in [0.2, 0.25) is 5.91 Å². The molecule has 1 unspecified atom stereocenters. The Hall–Kier alpha value is -2.45. The van der Waals surface area contributed by atoms with Gasteiger partial charge in [-0.2, -0.15) is 0 Å². The Balaban J connectivity index is 1.41. The maximum absolute atomic E-state index is 12.9. The molecule has 9 nitrogen and oxygen atoms in total. The van der Waals surface area contributed by atoms with Crippen LogP contribution in [0.1, 0.15) is 10.4 Å². The van der Waals surface area contributed by atoms with Crippen molar-refractivity contribution in [2.75, 3.05) is 10.2 Å². The monoisotopic (exact) mass is 599 g/mol. The molecule has 0 bridgehead atoms. The van der Waals surface area contributed by atoms with Gasteiger partial charge in [0.1, 0.15) is 23.7 Å². The van der Waals surface area contributed by atoms with Gasteiger partial charge in [0.05, 0.1) is 11.3 Å². The highest BCUT2D eigenvalue weighted by Gasteiger charge is 2.54. The van der Waals surface area contributed by atoms with E-state index >= 15 is 0 Å². The number of nitro groups is 1. The van der Waals surface area contributed by atoms with Gasteiger partial charge in [-0.1, -0.05) is 28.7 Å². The van der Waals surface area contributed by atoms with E-state index in [-0.39, 0.29) is 41.6 Å². The minimum absolute atomic E-state index is 0.0505. The van der Waals surface area contributed by atoms with Crippen LogP contribution in [0, 0.1) is 10.1 Å². The summed E-state index contributed by atoms with van der Waals surface area (Å²) in [6.45, 7) is -0.0737. The van der Waals surface area contributed by atoms with Crippen LogP contribution < -0.4 is 5.32 Å². The van der Waals surface area contributed by atoms with E-state index < -0.39 is 16.9 Å². The van der Waals surface area contributed by atoms with Crippen molar-refractivity contribution in [3.8, 4) is 0 Å². The maximum atomic E-state index is 12.9. The van der Waals surface area contributed by atoms with E-state index in [1.165, 1.54) is 52.3 Å². The summed E-state index contributed by atoms with van der Waals surface area (Å²) in [5.41, 5.74) is 1.57. The number of alkyl halides is 1. The normalized spacial score (nSPS) is 19.5. The molecule has 1 saturated heterocycles. The van der Waals surface area contributed by atoms with Crippen molar-refractivity contribution < 1.29 is 24.0 Å². The van der Waals surface area contributed by atoms with E-state index in [0.29, 0.717) is 15.7 Å². The van der Waals surface area contributed by atoms with Crippen LogP contribution in [-0.4, -0.2) is 49.2 Å². The summed E-state index contributed by atoms with van der Waals surface area (Å²) in [6, 6.07) is 8.77. The Morgan fingerprint density at radius 3 is 2.67 bits per heavy atom. The minimum atomic E-state index is -0.685. The summed E-state index contributed by atoms with van der Waals surface area (Å²) >= 11 is 5.12. The highest BCUT2D eigenvalue weighted by atomic mass is 127.